The van der Waals surface area contributed by atoms with Crippen LogP contribution < -0.4 is 5.69 Å². The van der Waals surface area contributed by atoms with Gasteiger partial charge in [-0.05, 0) is 11.4 Å². The van der Waals surface area contributed by atoms with E-state index >= 15 is 0 Å². The number of carboxylic acids is 1. The zero-order chi connectivity index (χ0) is 15.1. The van der Waals surface area contributed by atoms with Crippen molar-refractivity contribution < 1.29 is 14.7 Å². The third-order valence-electron chi connectivity index (χ3n) is 3.28. The highest BCUT2D eigenvalue weighted by molar-refractivity contribution is 7.14. The molecule has 2 aromatic heterocycles. The summed E-state index contributed by atoms with van der Waals surface area (Å²) in [6.45, 7) is -0.214. The number of fused-ring (bicyclic) bond motifs is 1. The fraction of sp³-hybridized carbons (Fsp3) is 0.273. The van der Waals surface area contributed by atoms with Gasteiger partial charge in [-0.15, -0.1) is 11.3 Å². The Morgan fingerprint density at radius 3 is 2.90 bits per heavy atom. The number of H-pyrrole nitrogens is 1. The van der Waals surface area contributed by atoms with Gasteiger partial charge in [-0.1, -0.05) is 11.6 Å². The molecule has 1 aliphatic heterocycles. The first kappa shape index (κ1) is 13.8. The van der Waals surface area contributed by atoms with Crippen molar-refractivity contribution in [3.63, 3.8) is 0 Å². The van der Waals surface area contributed by atoms with Gasteiger partial charge in [0.05, 0.1) is 18.7 Å². The summed E-state index contributed by atoms with van der Waals surface area (Å²) in [4.78, 5) is 36.5. The number of carbonyl (C=O) groups excluding carboxylic acids is 1. The SMILES string of the molecule is O=C(O)C1Cn2c(n[nH]c2=O)CN1C(=O)c1ccsc1Cl. The molecule has 1 unspecified atom stereocenters. The van der Waals surface area contributed by atoms with Crippen molar-refractivity contribution in [1.29, 1.82) is 0 Å². The number of hydrogen-bond acceptors (Lipinski definition) is 5. The highest BCUT2D eigenvalue weighted by atomic mass is 35.5. The van der Waals surface area contributed by atoms with Gasteiger partial charge in [0.15, 0.2) is 5.82 Å². The summed E-state index contributed by atoms with van der Waals surface area (Å²) in [6.07, 6.45) is 0. The Labute approximate surface area is 126 Å². The molecule has 0 aromatic carbocycles. The first-order valence-electron chi connectivity index (χ1n) is 5.90. The molecule has 2 aromatic rings. The normalized spacial score (nSPS) is 17.6. The number of aliphatic carboxylic acids is 1. The summed E-state index contributed by atoms with van der Waals surface area (Å²) in [6, 6.07) is 0.400. The Kier molecular flexibility index (Phi) is 3.30. The summed E-state index contributed by atoms with van der Waals surface area (Å²) in [7, 11) is 0. The quantitative estimate of drug-likeness (QED) is 0.829. The Morgan fingerprint density at radius 2 is 2.29 bits per heavy atom. The molecule has 0 bridgehead atoms. The lowest BCUT2D eigenvalue weighted by molar-refractivity contribution is -0.143. The van der Waals surface area contributed by atoms with Gasteiger partial charge in [-0.2, -0.15) is 5.10 Å². The van der Waals surface area contributed by atoms with E-state index in [9.17, 15) is 19.5 Å². The molecule has 0 radical (unpaired) electrons. The minimum atomic E-state index is -1.19. The standard InChI is InChI=1S/C11H9ClN4O4S/c12-8-5(1-2-21-8)9(17)15-4-7-13-14-11(20)16(7)3-6(15)10(18)19/h1-2,6H,3-4H2,(H,14,20)(H,18,19). The van der Waals surface area contributed by atoms with Crippen LogP contribution in [0.1, 0.15) is 16.2 Å². The van der Waals surface area contributed by atoms with Crippen molar-refractivity contribution in [2.24, 2.45) is 0 Å². The number of nitrogens with zero attached hydrogens (tertiary/aromatic N) is 3. The highest BCUT2D eigenvalue weighted by Crippen LogP contribution is 2.26. The van der Waals surface area contributed by atoms with Gasteiger partial charge in [0.25, 0.3) is 5.91 Å². The molecule has 21 heavy (non-hydrogen) atoms. The summed E-state index contributed by atoms with van der Waals surface area (Å²) in [5.74, 6) is -1.36. The number of nitrogens with one attached hydrogen (secondary N) is 1. The predicted octanol–water partition coefficient (Wildman–Crippen LogP) is 0.396. The number of rotatable bonds is 2. The van der Waals surface area contributed by atoms with Crippen LogP contribution in [0.5, 0.6) is 0 Å². The van der Waals surface area contributed by atoms with E-state index in [2.05, 4.69) is 10.2 Å². The minimum absolute atomic E-state index is 0.0687. The molecule has 0 aliphatic carbocycles. The van der Waals surface area contributed by atoms with Crippen LogP contribution >= 0.6 is 22.9 Å². The van der Waals surface area contributed by atoms with Crippen LogP contribution in [0, 0.1) is 0 Å². The van der Waals surface area contributed by atoms with Crippen molar-refractivity contribution in [3.8, 4) is 0 Å². The molecule has 1 amide bonds. The first-order chi connectivity index (χ1) is 9.99. The van der Waals surface area contributed by atoms with E-state index < -0.39 is 23.6 Å². The van der Waals surface area contributed by atoms with Crippen molar-refractivity contribution in [1.82, 2.24) is 19.7 Å². The minimum Gasteiger partial charge on any atom is -0.480 e. The monoisotopic (exact) mass is 328 g/mol. The lowest BCUT2D eigenvalue weighted by Crippen LogP contribution is -2.52. The molecule has 3 rings (SSSR count). The van der Waals surface area contributed by atoms with Gasteiger partial charge in [-0.3, -0.25) is 9.36 Å². The van der Waals surface area contributed by atoms with Crippen LogP contribution in [0.3, 0.4) is 0 Å². The van der Waals surface area contributed by atoms with Crippen LogP contribution in [0.25, 0.3) is 0 Å². The van der Waals surface area contributed by atoms with Crippen molar-refractivity contribution in [3.05, 3.63) is 37.7 Å². The maximum Gasteiger partial charge on any atom is 0.343 e. The molecular formula is C11H9ClN4O4S. The maximum absolute atomic E-state index is 12.5. The molecule has 110 valence electrons. The summed E-state index contributed by atoms with van der Waals surface area (Å²) >= 11 is 7.12. The molecule has 0 fully saturated rings. The number of aromatic nitrogens is 3. The van der Waals surface area contributed by atoms with Gasteiger partial charge in [0.2, 0.25) is 0 Å². The van der Waals surface area contributed by atoms with Crippen LogP contribution in [-0.4, -0.2) is 42.7 Å². The van der Waals surface area contributed by atoms with E-state index in [1.807, 2.05) is 0 Å². The van der Waals surface area contributed by atoms with E-state index in [4.69, 9.17) is 11.6 Å². The second-order valence-electron chi connectivity index (χ2n) is 4.45. The van der Waals surface area contributed by atoms with Gasteiger partial charge in [0.1, 0.15) is 10.4 Å². The van der Waals surface area contributed by atoms with E-state index in [0.717, 1.165) is 4.90 Å². The molecule has 1 atom stereocenters. The van der Waals surface area contributed by atoms with Gasteiger partial charge in [0, 0.05) is 0 Å². The highest BCUT2D eigenvalue weighted by Gasteiger charge is 2.37. The Balaban J connectivity index is 2.00. The topological polar surface area (TPSA) is 108 Å². The maximum atomic E-state index is 12.5. The molecular weight excluding hydrogens is 320 g/mol. The fourth-order valence-electron chi connectivity index (χ4n) is 2.22. The number of carboxylic acid groups (broad SMARTS) is 1. The number of hydrogen-bond donors (Lipinski definition) is 2. The molecule has 10 heteroatoms. The number of amides is 1. The average molecular weight is 329 g/mol. The van der Waals surface area contributed by atoms with Gasteiger partial charge in [-0.25, -0.2) is 14.7 Å². The second-order valence-corrected chi connectivity index (χ2v) is 5.97. The number of halogens is 1. The summed E-state index contributed by atoms with van der Waals surface area (Å²) in [5, 5.41) is 17.0. The smallest absolute Gasteiger partial charge is 0.343 e. The molecule has 3 heterocycles. The van der Waals surface area contributed by atoms with E-state index in [-0.39, 0.29) is 18.7 Å². The Bertz CT molecular complexity index is 779. The van der Waals surface area contributed by atoms with Crippen molar-refractivity contribution in [2.75, 3.05) is 0 Å². The molecule has 2 N–H and O–H groups in total. The van der Waals surface area contributed by atoms with Gasteiger partial charge >= 0.3 is 11.7 Å². The van der Waals surface area contributed by atoms with Crippen molar-refractivity contribution in [2.45, 2.75) is 19.1 Å². The number of carbonyl (C=O) groups is 2. The molecule has 0 spiro atoms. The zero-order valence-electron chi connectivity index (χ0n) is 10.4. The third-order valence-corrected chi connectivity index (χ3v) is 4.45. The molecule has 0 saturated heterocycles. The summed E-state index contributed by atoms with van der Waals surface area (Å²) < 4.78 is 1.52. The fourth-order valence-corrected chi connectivity index (χ4v) is 3.12. The van der Waals surface area contributed by atoms with Crippen LogP contribution in [-0.2, 0) is 17.9 Å². The lowest BCUT2D eigenvalue weighted by atomic mass is 10.1. The Morgan fingerprint density at radius 1 is 1.52 bits per heavy atom. The number of thiophene rings is 1. The van der Waals surface area contributed by atoms with Crippen LogP contribution in [0.2, 0.25) is 4.34 Å². The van der Waals surface area contributed by atoms with Crippen molar-refractivity contribution >= 4 is 34.8 Å². The lowest BCUT2D eigenvalue weighted by Gasteiger charge is -2.32. The molecule has 1 aliphatic rings. The largest absolute Gasteiger partial charge is 0.480 e. The zero-order valence-corrected chi connectivity index (χ0v) is 12.0. The third kappa shape index (κ3) is 2.24. The average Bonchev–Trinajstić information content (AvgIpc) is 3.03. The first-order valence-corrected chi connectivity index (χ1v) is 7.15. The second kappa shape index (κ2) is 5.01. The summed E-state index contributed by atoms with van der Waals surface area (Å²) in [5.41, 5.74) is -0.240. The van der Waals surface area contributed by atoms with E-state index in [1.54, 1.807) is 11.4 Å². The molecule has 0 saturated carbocycles. The van der Waals surface area contributed by atoms with Crippen LogP contribution in [0.15, 0.2) is 16.2 Å². The predicted molar refractivity (Wildman–Crippen MR) is 73.5 cm³/mol. The van der Waals surface area contributed by atoms with Crippen LogP contribution in [0.4, 0.5) is 0 Å². The van der Waals surface area contributed by atoms with Gasteiger partial charge < -0.3 is 10.0 Å². The van der Waals surface area contributed by atoms with E-state index in [1.165, 1.54) is 15.9 Å². The molecule has 8 nitrogen and oxygen atoms in total. The number of aromatic amines is 1. The Hall–Kier alpha value is -2.13. The van der Waals surface area contributed by atoms with E-state index in [0.29, 0.717) is 10.2 Å².